The van der Waals surface area contributed by atoms with Gasteiger partial charge in [-0.3, -0.25) is 9.78 Å². The molecule has 1 aliphatic heterocycles. The quantitative estimate of drug-likeness (QED) is 0.650. The fourth-order valence-corrected chi connectivity index (χ4v) is 4.10. The van der Waals surface area contributed by atoms with E-state index in [9.17, 15) is 4.79 Å². The number of hydrogen-bond acceptors (Lipinski definition) is 4. The number of likely N-dealkylation sites (tertiary alicyclic amines) is 1. The highest BCUT2D eigenvalue weighted by Crippen LogP contribution is 2.16. The van der Waals surface area contributed by atoms with Crippen molar-refractivity contribution in [2.75, 3.05) is 19.6 Å². The van der Waals surface area contributed by atoms with Crippen LogP contribution < -0.4 is 10.9 Å². The van der Waals surface area contributed by atoms with Gasteiger partial charge < -0.3 is 15.2 Å². The Balaban J connectivity index is 1.25. The van der Waals surface area contributed by atoms with Crippen LogP contribution in [0.5, 0.6) is 0 Å². The van der Waals surface area contributed by atoms with Crippen LogP contribution in [0.4, 0.5) is 0 Å². The van der Waals surface area contributed by atoms with Crippen LogP contribution in [0.25, 0.3) is 10.9 Å². The molecule has 0 atom stereocenters. The van der Waals surface area contributed by atoms with Crippen LogP contribution in [0.15, 0.2) is 53.5 Å². The number of benzene rings is 1. The van der Waals surface area contributed by atoms with E-state index in [0.29, 0.717) is 6.04 Å². The second-order valence-electron chi connectivity index (χ2n) is 7.96. The molecule has 4 rings (SSSR count). The molecule has 1 fully saturated rings. The van der Waals surface area contributed by atoms with E-state index in [2.05, 4.69) is 51.4 Å². The molecule has 0 saturated carbocycles. The largest absolute Gasteiger partial charge is 0.320 e. The van der Waals surface area contributed by atoms with Gasteiger partial charge in [0.05, 0.1) is 11.2 Å². The summed E-state index contributed by atoms with van der Waals surface area (Å²) in [5.41, 5.74) is 4.55. The summed E-state index contributed by atoms with van der Waals surface area (Å²) >= 11 is 0. The number of aryl methyl sites for hydroxylation is 1. The van der Waals surface area contributed by atoms with Crippen molar-refractivity contribution in [3.05, 3.63) is 75.8 Å². The first-order chi connectivity index (χ1) is 14.2. The SMILES string of the molecule is CCc1ccc(CNC2CCN(CCc3nccc4ccc(=O)[nH]c34)CC2)cc1. The van der Waals surface area contributed by atoms with Crippen molar-refractivity contribution in [1.82, 2.24) is 20.2 Å². The molecule has 2 aromatic heterocycles. The van der Waals surface area contributed by atoms with Crippen molar-refractivity contribution in [2.45, 2.75) is 45.2 Å². The Labute approximate surface area is 172 Å². The maximum atomic E-state index is 11.7. The van der Waals surface area contributed by atoms with Gasteiger partial charge in [-0.05, 0) is 55.6 Å². The van der Waals surface area contributed by atoms with Crippen LogP contribution in [0, 0.1) is 0 Å². The Bertz CT molecular complexity index is 988. The number of aromatic amines is 1. The van der Waals surface area contributed by atoms with E-state index in [1.54, 1.807) is 6.07 Å². The number of piperidine rings is 1. The van der Waals surface area contributed by atoms with Gasteiger partial charge in [0.2, 0.25) is 5.56 Å². The maximum Gasteiger partial charge on any atom is 0.248 e. The lowest BCUT2D eigenvalue weighted by atomic mass is 10.0. The lowest BCUT2D eigenvalue weighted by molar-refractivity contribution is 0.199. The van der Waals surface area contributed by atoms with Crippen LogP contribution in [0.2, 0.25) is 0 Å². The minimum absolute atomic E-state index is 0.0667. The normalized spacial score (nSPS) is 15.8. The summed E-state index contributed by atoms with van der Waals surface area (Å²) in [6, 6.07) is 14.9. The predicted molar refractivity (Wildman–Crippen MR) is 118 cm³/mol. The third-order valence-electron chi connectivity index (χ3n) is 6.00. The fraction of sp³-hybridized carbons (Fsp3) is 0.417. The fourth-order valence-electron chi connectivity index (χ4n) is 4.10. The number of fused-ring (bicyclic) bond motifs is 1. The van der Waals surface area contributed by atoms with Crippen molar-refractivity contribution in [2.24, 2.45) is 0 Å². The van der Waals surface area contributed by atoms with Gasteiger partial charge in [0.15, 0.2) is 0 Å². The zero-order valence-corrected chi connectivity index (χ0v) is 17.2. The Morgan fingerprint density at radius 1 is 1.07 bits per heavy atom. The molecule has 1 saturated heterocycles. The van der Waals surface area contributed by atoms with E-state index in [1.165, 1.54) is 24.0 Å². The van der Waals surface area contributed by atoms with Gasteiger partial charge in [0, 0.05) is 43.2 Å². The first-order valence-electron chi connectivity index (χ1n) is 10.7. The first-order valence-corrected chi connectivity index (χ1v) is 10.7. The molecule has 5 nitrogen and oxygen atoms in total. The Hall–Kier alpha value is -2.50. The monoisotopic (exact) mass is 390 g/mol. The molecule has 3 heterocycles. The Morgan fingerprint density at radius 2 is 1.83 bits per heavy atom. The zero-order chi connectivity index (χ0) is 20.1. The summed E-state index contributed by atoms with van der Waals surface area (Å²) in [6.07, 6.45) is 6.13. The lowest BCUT2D eigenvalue weighted by Gasteiger charge is -2.32. The average Bonchev–Trinajstić information content (AvgIpc) is 2.77. The average molecular weight is 391 g/mol. The smallest absolute Gasteiger partial charge is 0.248 e. The van der Waals surface area contributed by atoms with Crippen molar-refractivity contribution in [3.63, 3.8) is 0 Å². The van der Waals surface area contributed by atoms with Gasteiger partial charge in [-0.2, -0.15) is 0 Å². The molecule has 3 aromatic rings. The van der Waals surface area contributed by atoms with Gasteiger partial charge in [-0.25, -0.2) is 0 Å². The summed E-state index contributed by atoms with van der Waals surface area (Å²) in [5.74, 6) is 0. The number of hydrogen-bond donors (Lipinski definition) is 2. The van der Waals surface area contributed by atoms with Crippen LogP contribution in [-0.2, 0) is 19.4 Å². The number of nitrogens with one attached hydrogen (secondary N) is 2. The van der Waals surface area contributed by atoms with Crippen molar-refractivity contribution < 1.29 is 0 Å². The molecule has 0 amide bonds. The highest BCUT2D eigenvalue weighted by molar-refractivity contribution is 5.79. The zero-order valence-electron chi connectivity index (χ0n) is 17.2. The maximum absolute atomic E-state index is 11.7. The Morgan fingerprint density at radius 3 is 2.59 bits per heavy atom. The Kier molecular flexibility index (Phi) is 6.37. The second-order valence-corrected chi connectivity index (χ2v) is 7.96. The third-order valence-corrected chi connectivity index (χ3v) is 6.00. The topological polar surface area (TPSA) is 61.0 Å². The summed E-state index contributed by atoms with van der Waals surface area (Å²) < 4.78 is 0. The van der Waals surface area contributed by atoms with Crippen molar-refractivity contribution in [3.8, 4) is 0 Å². The van der Waals surface area contributed by atoms with E-state index in [1.807, 2.05) is 18.3 Å². The molecular weight excluding hydrogens is 360 g/mol. The molecule has 1 aliphatic rings. The van der Waals surface area contributed by atoms with E-state index < -0.39 is 0 Å². The van der Waals surface area contributed by atoms with Gasteiger partial charge in [0.25, 0.3) is 0 Å². The minimum Gasteiger partial charge on any atom is -0.320 e. The number of aromatic nitrogens is 2. The van der Waals surface area contributed by atoms with Crippen molar-refractivity contribution >= 4 is 10.9 Å². The van der Waals surface area contributed by atoms with Crippen LogP contribution in [0.1, 0.15) is 36.6 Å². The standard InChI is InChI=1S/C24H30N4O/c1-2-18-3-5-19(6-4-18)17-26-21-10-14-28(15-11-21)16-12-22-24-20(9-13-25-22)7-8-23(29)27-24/h3-9,13,21,26H,2,10-12,14-17H2,1H3,(H,27,29). The third kappa shape index (κ3) is 5.11. The van der Waals surface area contributed by atoms with E-state index in [4.69, 9.17) is 0 Å². The van der Waals surface area contributed by atoms with Gasteiger partial charge >= 0.3 is 0 Å². The second kappa shape index (κ2) is 9.33. The minimum atomic E-state index is -0.0667. The van der Waals surface area contributed by atoms with Gasteiger partial charge in [-0.1, -0.05) is 31.2 Å². The van der Waals surface area contributed by atoms with Gasteiger partial charge in [-0.15, -0.1) is 0 Å². The first kappa shape index (κ1) is 19.8. The molecule has 0 unspecified atom stereocenters. The number of pyridine rings is 2. The molecule has 0 spiro atoms. The summed E-state index contributed by atoms with van der Waals surface area (Å²) in [4.78, 5) is 21.6. The highest BCUT2D eigenvalue weighted by Gasteiger charge is 2.19. The van der Waals surface area contributed by atoms with E-state index in [-0.39, 0.29) is 5.56 Å². The van der Waals surface area contributed by atoms with Gasteiger partial charge in [0.1, 0.15) is 0 Å². The number of rotatable bonds is 7. The molecule has 5 heteroatoms. The van der Waals surface area contributed by atoms with Crippen LogP contribution in [0.3, 0.4) is 0 Å². The van der Waals surface area contributed by atoms with Crippen molar-refractivity contribution in [1.29, 1.82) is 0 Å². The van der Waals surface area contributed by atoms with Crippen LogP contribution in [-0.4, -0.2) is 40.5 Å². The van der Waals surface area contributed by atoms with E-state index >= 15 is 0 Å². The summed E-state index contributed by atoms with van der Waals surface area (Å²) in [5, 5.41) is 4.77. The predicted octanol–water partition coefficient (Wildman–Crippen LogP) is 3.28. The molecule has 0 aliphatic carbocycles. The molecule has 0 radical (unpaired) electrons. The van der Waals surface area contributed by atoms with Crippen LogP contribution >= 0.6 is 0 Å². The molecule has 0 bridgehead atoms. The number of H-pyrrole nitrogens is 1. The molecular formula is C24H30N4O. The summed E-state index contributed by atoms with van der Waals surface area (Å²) in [7, 11) is 0. The molecule has 1 aromatic carbocycles. The lowest BCUT2D eigenvalue weighted by Crippen LogP contribution is -2.42. The highest BCUT2D eigenvalue weighted by atomic mass is 16.1. The van der Waals surface area contributed by atoms with E-state index in [0.717, 1.165) is 55.6 Å². The number of nitrogens with zero attached hydrogens (tertiary/aromatic N) is 2. The molecule has 152 valence electrons. The molecule has 29 heavy (non-hydrogen) atoms. The summed E-state index contributed by atoms with van der Waals surface area (Å²) in [6.45, 7) is 6.33. The molecule has 2 N–H and O–H groups in total.